The average Bonchev–Trinajstić information content (AvgIpc) is 2.16. The molecule has 1 rings (SSSR count). The fraction of sp³-hybridized carbons (Fsp3) is 0.100. The molecule has 1 aromatic carbocycles. The van der Waals surface area contributed by atoms with Crippen LogP contribution in [0, 0.1) is 6.61 Å². The van der Waals surface area contributed by atoms with Gasteiger partial charge >= 0.3 is 0 Å². The second-order valence-corrected chi connectivity index (χ2v) is 2.41. The van der Waals surface area contributed by atoms with Gasteiger partial charge in [0.05, 0.1) is 6.61 Å². The van der Waals surface area contributed by atoms with Gasteiger partial charge in [0.1, 0.15) is 6.61 Å². The highest BCUT2D eigenvalue weighted by Crippen LogP contribution is 2.16. The molecule has 0 aliphatic carbocycles. The Bertz CT molecular complexity index is 257. The fourth-order valence-electron chi connectivity index (χ4n) is 1.13. The second-order valence-electron chi connectivity index (χ2n) is 2.41. The molecule has 0 saturated carbocycles. The van der Waals surface area contributed by atoms with Crippen molar-refractivity contribution in [2.45, 2.75) is 6.61 Å². The Kier molecular flexibility index (Phi) is 3.02. The zero-order valence-corrected chi connectivity index (χ0v) is 6.70. The van der Waals surface area contributed by atoms with Crippen LogP contribution < -0.4 is 0 Å². The van der Waals surface area contributed by atoms with Crippen LogP contribution in [0.4, 0.5) is 0 Å². The van der Waals surface area contributed by atoms with Crippen molar-refractivity contribution in [3.8, 4) is 0 Å². The number of benzene rings is 1. The van der Waals surface area contributed by atoms with Gasteiger partial charge in [-0.1, -0.05) is 30.9 Å². The molecule has 1 aromatic rings. The lowest BCUT2D eigenvalue weighted by atomic mass is 10.0. The molecule has 0 bridgehead atoms. The summed E-state index contributed by atoms with van der Waals surface area (Å²) in [5.74, 6) is 0. The van der Waals surface area contributed by atoms with E-state index in [2.05, 4.69) is 6.58 Å². The summed E-state index contributed by atoms with van der Waals surface area (Å²) < 4.78 is 0. The Morgan fingerprint density at radius 3 is 2.67 bits per heavy atom. The molecule has 1 radical (unpaired) electrons. The molecule has 0 aliphatic heterocycles. The smallest absolute Gasteiger partial charge is 0.110 e. The Morgan fingerprint density at radius 2 is 2.17 bits per heavy atom. The highest BCUT2D eigenvalue weighted by Gasteiger charge is 2.02. The minimum Gasteiger partial charge on any atom is -0.392 e. The molecule has 0 aliphatic rings. The van der Waals surface area contributed by atoms with E-state index in [9.17, 15) is 0 Å². The van der Waals surface area contributed by atoms with E-state index in [0.717, 1.165) is 17.7 Å². The topological polar surface area (TPSA) is 40.5 Å². The van der Waals surface area contributed by atoms with Crippen LogP contribution in [-0.2, 0) is 6.61 Å². The van der Waals surface area contributed by atoms with E-state index in [4.69, 9.17) is 10.2 Å². The first-order valence-electron chi connectivity index (χ1n) is 3.66. The Hall–Kier alpha value is -1.12. The summed E-state index contributed by atoms with van der Waals surface area (Å²) >= 11 is 0. The van der Waals surface area contributed by atoms with Crippen molar-refractivity contribution < 1.29 is 10.2 Å². The van der Waals surface area contributed by atoms with E-state index in [0.29, 0.717) is 5.56 Å². The standard InChI is InChI=1S/C10H11O2/c1-2-10-8(6-11)4-3-5-9(10)7-12/h2-6,11-12H,1,7H2. The number of hydrogen-bond donors (Lipinski definition) is 2. The van der Waals surface area contributed by atoms with Crippen LogP contribution in [0.5, 0.6) is 0 Å². The van der Waals surface area contributed by atoms with Gasteiger partial charge in [0.2, 0.25) is 0 Å². The van der Waals surface area contributed by atoms with Crippen LogP contribution in [0.15, 0.2) is 24.8 Å². The van der Waals surface area contributed by atoms with Gasteiger partial charge in [-0.05, 0) is 16.7 Å². The molecule has 0 saturated heterocycles. The first kappa shape index (κ1) is 8.97. The molecule has 0 amide bonds. The minimum absolute atomic E-state index is 0.0387. The zero-order chi connectivity index (χ0) is 8.97. The maximum Gasteiger partial charge on any atom is 0.110 e. The summed E-state index contributed by atoms with van der Waals surface area (Å²) in [6.07, 6.45) is 1.62. The van der Waals surface area contributed by atoms with E-state index >= 15 is 0 Å². The molecule has 0 unspecified atom stereocenters. The first-order chi connectivity index (χ1) is 5.83. The van der Waals surface area contributed by atoms with Crippen LogP contribution >= 0.6 is 0 Å². The van der Waals surface area contributed by atoms with Crippen LogP contribution in [-0.4, -0.2) is 10.2 Å². The van der Waals surface area contributed by atoms with E-state index < -0.39 is 0 Å². The monoisotopic (exact) mass is 163 g/mol. The normalized spacial score (nSPS) is 9.83. The maximum absolute atomic E-state index is 8.93. The predicted octanol–water partition coefficient (Wildman–Crippen LogP) is 1.70. The van der Waals surface area contributed by atoms with Gasteiger partial charge in [0, 0.05) is 0 Å². The summed E-state index contributed by atoms with van der Waals surface area (Å²) in [4.78, 5) is 0. The van der Waals surface area contributed by atoms with Gasteiger partial charge in [0.15, 0.2) is 0 Å². The second kappa shape index (κ2) is 4.04. The molecule has 2 heteroatoms. The fourth-order valence-corrected chi connectivity index (χ4v) is 1.13. The number of rotatable bonds is 3. The lowest BCUT2D eigenvalue weighted by molar-refractivity contribution is 0.281. The molecule has 0 aromatic heterocycles. The minimum atomic E-state index is -0.0387. The third-order valence-corrected chi connectivity index (χ3v) is 1.74. The largest absolute Gasteiger partial charge is 0.392 e. The van der Waals surface area contributed by atoms with Crippen LogP contribution in [0.1, 0.15) is 16.7 Å². The van der Waals surface area contributed by atoms with Crippen molar-refractivity contribution in [2.24, 2.45) is 0 Å². The molecule has 0 fully saturated rings. The molecular formula is C10H11O2. The SMILES string of the molecule is C=Cc1c([CH]O)cccc1CO. The van der Waals surface area contributed by atoms with Gasteiger partial charge in [-0.25, -0.2) is 0 Å². The van der Waals surface area contributed by atoms with Crippen LogP contribution in [0.25, 0.3) is 6.08 Å². The summed E-state index contributed by atoms with van der Waals surface area (Å²) in [7, 11) is 0. The Morgan fingerprint density at radius 1 is 1.42 bits per heavy atom. The summed E-state index contributed by atoms with van der Waals surface area (Å²) in [5, 5.41) is 17.7. The lowest BCUT2D eigenvalue weighted by Crippen LogP contribution is -1.93. The number of aliphatic hydroxyl groups is 2. The molecule has 63 valence electrons. The molecule has 0 spiro atoms. The van der Waals surface area contributed by atoms with E-state index in [1.54, 1.807) is 24.3 Å². The van der Waals surface area contributed by atoms with Crippen molar-refractivity contribution in [2.75, 3.05) is 0 Å². The third-order valence-electron chi connectivity index (χ3n) is 1.74. The Labute approximate surface area is 71.8 Å². The zero-order valence-electron chi connectivity index (χ0n) is 6.70. The highest BCUT2D eigenvalue weighted by atomic mass is 16.3. The number of hydrogen-bond acceptors (Lipinski definition) is 2. The van der Waals surface area contributed by atoms with Gasteiger partial charge in [-0.2, -0.15) is 0 Å². The van der Waals surface area contributed by atoms with Gasteiger partial charge in [0.25, 0.3) is 0 Å². The molecule has 2 nitrogen and oxygen atoms in total. The summed E-state index contributed by atoms with van der Waals surface area (Å²) in [6, 6.07) is 5.33. The van der Waals surface area contributed by atoms with E-state index in [-0.39, 0.29) is 6.61 Å². The van der Waals surface area contributed by atoms with Gasteiger partial charge in [-0.15, -0.1) is 0 Å². The Balaban J connectivity index is 3.21. The van der Waals surface area contributed by atoms with Crippen molar-refractivity contribution in [3.63, 3.8) is 0 Å². The molecule has 12 heavy (non-hydrogen) atoms. The van der Waals surface area contributed by atoms with Gasteiger partial charge in [-0.3, -0.25) is 0 Å². The summed E-state index contributed by atoms with van der Waals surface area (Å²) in [6.45, 7) is 4.58. The van der Waals surface area contributed by atoms with Crippen LogP contribution in [0.3, 0.4) is 0 Å². The predicted molar refractivity (Wildman–Crippen MR) is 47.8 cm³/mol. The van der Waals surface area contributed by atoms with E-state index in [1.165, 1.54) is 0 Å². The molecule has 2 N–H and O–H groups in total. The lowest BCUT2D eigenvalue weighted by Gasteiger charge is -2.06. The van der Waals surface area contributed by atoms with Crippen LogP contribution in [0.2, 0.25) is 0 Å². The summed E-state index contributed by atoms with van der Waals surface area (Å²) in [5.41, 5.74) is 2.23. The number of aliphatic hydroxyl groups excluding tert-OH is 2. The molecule has 0 atom stereocenters. The van der Waals surface area contributed by atoms with Gasteiger partial charge < -0.3 is 10.2 Å². The van der Waals surface area contributed by atoms with Crippen molar-refractivity contribution in [1.82, 2.24) is 0 Å². The average molecular weight is 163 g/mol. The third kappa shape index (κ3) is 1.55. The van der Waals surface area contributed by atoms with Crippen molar-refractivity contribution >= 4 is 6.08 Å². The molecule has 0 heterocycles. The highest BCUT2D eigenvalue weighted by molar-refractivity contribution is 5.57. The first-order valence-corrected chi connectivity index (χ1v) is 3.66. The van der Waals surface area contributed by atoms with Crippen molar-refractivity contribution in [3.05, 3.63) is 48.1 Å². The quantitative estimate of drug-likeness (QED) is 0.712. The van der Waals surface area contributed by atoms with E-state index in [1.807, 2.05) is 0 Å². The molecular weight excluding hydrogens is 152 g/mol. The maximum atomic E-state index is 8.93. The van der Waals surface area contributed by atoms with Crippen molar-refractivity contribution in [1.29, 1.82) is 0 Å².